The second kappa shape index (κ2) is 7.97. The van der Waals surface area contributed by atoms with Crippen molar-refractivity contribution in [3.8, 4) is 0 Å². The number of aryl methyl sites for hydroxylation is 1. The molecule has 2 rings (SSSR count). The van der Waals surface area contributed by atoms with Crippen LogP contribution >= 0.6 is 0 Å². The number of fused-ring (bicyclic) bond motifs is 1. The summed E-state index contributed by atoms with van der Waals surface area (Å²) in [7, 11) is 9.64. The molecule has 1 atom stereocenters. The lowest BCUT2D eigenvalue weighted by molar-refractivity contribution is 0.290. The summed E-state index contributed by atoms with van der Waals surface area (Å²) < 4.78 is 2.77. The lowest BCUT2D eigenvalue weighted by Crippen LogP contribution is -2.39. The molecule has 8 nitrogen and oxygen atoms in total. The zero-order valence-corrected chi connectivity index (χ0v) is 16.2. The smallest absolute Gasteiger partial charge is 0.332 e. The molecule has 0 amide bonds. The molecule has 0 aliphatic carbocycles. The van der Waals surface area contributed by atoms with Crippen LogP contribution in [0.2, 0.25) is 0 Å². The fourth-order valence-electron chi connectivity index (χ4n) is 2.84. The predicted molar refractivity (Wildman–Crippen MR) is 100.0 cm³/mol. The molecule has 0 saturated carbocycles. The summed E-state index contributed by atoms with van der Waals surface area (Å²) in [4.78, 5) is 36.8. The molecule has 8 heteroatoms. The number of nitrogens with zero attached hydrogens (tertiary/aromatic N) is 5. The van der Waals surface area contributed by atoms with Crippen LogP contribution < -0.4 is 11.2 Å². The van der Waals surface area contributed by atoms with E-state index in [9.17, 15) is 9.59 Å². The van der Waals surface area contributed by atoms with E-state index in [1.807, 2.05) is 19.0 Å². The quantitative estimate of drug-likeness (QED) is 0.706. The van der Waals surface area contributed by atoms with Gasteiger partial charge in [0.05, 0.1) is 6.54 Å². The molecular weight excluding hydrogens is 320 g/mol. The Morgan fingerprint density at radius 2 is 1.84 bits per heavy atom. The number of aromatic amines is 1. The lowest BCUT2D eigenvalue weighted by atomic mass is 10.1. The molecule has 1 unspecified atom stereocenters. The number of nitrogens with one attached hydrogen (secondary N) is 1. The largest absolute Gasteiger partial charge is 0.335 e. The van der Waals surface area contributed by atoms with Gasteiger partial charge in [-0.25, -0.2) is 9.78 Å². The van der Waals surface area contributed by atoms with Crippen molar-refractivity contribution in [2.24, 2.45) is 7.05 Å². The van der Waals surface area contributed by atoms with Gasteiger partial charge < -0.3 is 14.8 Å². The van der Waals surface area contributed by atoms with Gasteiger partial charge in [-0.15, -0.1) is 0 Å². The number of unbranched alkanes of at least 4 members (excludes halogenated alkanes) is 1. The van der Waals surface area contributed by atoms with Crippen molar-refractivity contribution >= 4 is 11.2 Å². The number of rotatable bonds is 8. The van der Waals surface area contributed by atoms with Gasteiger partial charge in [-0.1, -0.05) is 6.42 Å². The number of aromatic nitrogens is 4. The van der Waals surface area contributed by atoms with Gasteiger partial charge in [-0.05, 0) is 48.0 Å². The predicted octanol–water partition coefficient (Wildman–Crippen LogP) is 0.605. The maximum absolute atomic E-state index is 12.7. The van der Waals surface area contributed by atoms with E-state index in [0.717, 1.165) is 19.3 Å². The van der Waals surface area contributed by atoms with Crippen LogP contribution in [0.1, 0.15) is 32.0 Å². The third-order valence-electron chi connectivity index (χ3n) is 4.63. The molecule has 140 valence electrons. The fraction of sp³-hybridized carbons (Fsp3) is 0.706. The third kappa shape index (κ3) is 4.38. The second-order valence-electron chi connectivity index (χ2n) is 7.23. The Bertz CT molecular complexity index is 830. The van der Waals surface area contributed by atoms with Gasteiger partial charge in [-0.3, -0.25) is 13.9 Å². The van der Waals surface area contributed by atoms with Gasteiger partial charge in [-0.2, -0.15) is 0 Å². The van der Waals surface area contributed by atoms with Crippen molar-refractivity contribution in [2.45, 2.75) is 45.3 Å². The van der Waals surface area contributed by atoms with Crippen molar-refractivity contribution in [1.82, 2.24) is 28.9 Å². The molecule has 0 aliphatic heterocycles. The molecule has 0 saturated heterocycles. The van der Waals surface area contributed by atoms with Crippen LogP contribution in [-0.4, -0.2) is 63.1 Å². The van der Waals surface area contributed by atoms with E-state index in [2.05, 4.69) is 35.9 Å². The zero-order chi connectivity index (χ0) is 18.7. The monoisotopic (exact) mass is 350 g/mol. The lowest BCUT2D eigenvalue weighted by Gasteiger charge is -2.19. The van der Waals surface area contributed by atoms with Crippen LogP contribution in [-0.2, 0) is 20.1 Å². The van der Waals surface area contributed by atoms with Crippen LogP contribution in [0.25, 0.3) is 11.2 Å². The molecule has 0 spiro atoms. The molecule has 25 heavy (non-hydrogen) atoms. The Hall–Kier alpha value is -1.93. The summed E-state index contributed by atoms with van der Waals surface area (Å²) in [5.74, 6) is 0.685. The number of imidazole rings is 1. The average molecular weight is 350 g/mol. The standard InChI is InChI=1S/C17H30N6O2/c1-12(21(4)5)9-7-8-10-23-16(24)14-15(22(6)17(23)25)19-13(18-14)11-20(2)3/h12H,7-11H2,1-6H3,(H,18,19). The highest BCUT2D eigenvalue weighted by Gasteiger charge is 2.15. The topological polar surface area (TPSA) is 79.2 Å². The molecule has 2 aromatic heterocycles. The third-order valence-corrected chi connectivity index (χ3v) is 4.63. The first-order valence-electron chi connectivity index (χ1n) is 8.72. The van der Waals surface area contributed by atoms with E-state index in [1.54, 1.807) is 7.05 Å². The van der Waals surface area contributed by atoms with Crippen LogP contribution in [0.5, 0.6) is 0 Å². The van der Waals surface area contributed by atoms with E-state index in [4.69, 9.17) is 0 Å². The van der Waals surface area contributed by atoms with Gasteiger partial charge >= 0.3 is 5.69 Å². The number of H-pyrrole nitrogens is 1. The van der Waals surface area contributed by atoms with Gasteiger partial charge in [0.15, 0.2) is 5.65 Å². The van der Waals surface area contributed by atoms with E-state index >= 15 is 0 Å². The minimum atomic E-state index is -0.305. The van der Waals surface area contributed by atoms with E-state index in [1.165, 1.54) is 9.13 Å². The first-order chi connectivity index (χ1) is 11.7. The normalized spacial score (nSPS) is 13.3. The van der Waals surface area contributed by atoms with Crippen molar-refractivity contribution in [3.63, 3.8) is 0 Å². The second-order valence-corrected chi connectivity index (χ2v) is 7.23. The van der Waals surface area contributed by atoms with Crippen molar-refractivity contribution in [3.05, 3.63) is 26.7 Å². The summed E-state index contributed by atoms with van der Waals surface area (Å²) in [6, 6.07) is 0.489. The first kappa shape index (κ1) is 19.4. The molecular formula is C17H30N6O2. The molecule has 0 radical (unpaired) electrons. The van der Waals surface area contributed by atoms with Crippen LogP contribution in [0.3, 0.4) is 0 Å². The van der Waals surface area contributed by atoms with Crippen LogP contribution in [0, 0.1) is 0 Å². The Morgan fingerprint density at radius 1 is 1.16 bits per heavy atom. The first-order valence-corrected chi connectivity index (χ1v) is 8.72. The average Bonchev–Trinajstić information content (AvgIpc) is 2.95. The number of hydrogen-bond donors (Lipinski definition) is 1. The Kier molecular flexibility index (Phi) is 6.18. The summed E-state index contributed by atoms with van der Waals surface area (Å²) in [6.07, 6.45) is 2.82. The Morgan fingerprint density at radius 3 is 2.44 bits per heavy atom. The van der Waals surface area contributed by atoms with Crippen molar-refractivity contribution in [2.75, 3.05) is 28.2 Å². The highest BCUT2D eigenvalue weighted by atomic mass is 16.2. The molecule has 2 heterocycles. The molecule has 0 aliphatic rings. The highest BCUT2D eigenvalue weighted by molar-refractivity contribution is 5.69. The maximum Gasteiger partial charge on any atom is 0.332 e. The molecule has 1 N–H and O–H groups in total. The van der Waals surface area contributed by atoms with Crippen LogP contribution in [0.4, 0.5) is 0 Å². The SMILES string of the molecule is CC(CCCCn1c(=O)c2[nH]c(CN(C)C)nc2n(C)c1=O)N(C)C. The Labute approximate surface area is 148 Å². The van der Waals surface area contributed by atoms with Gasteiger partial charge in [0.25, 0.3) is 5.56 Å². The summed E-state index contributed by atoms with van der Waals surface area (Å²) >= 11 is 0. The van der Waals surface area contributed by atoms with E-state index in [-0.39, 0.29) is 11.2 Å². The molecule has 2 aromatic rings. The number of hydrogen-bond acceptors (Lipinski definition) is 5. The summed E-state index contributed by atoms with van der Waals surface area (Å²) in [5, 5.41) is 0. The summed E-state index contributed by atoms with van der Waals surface area (Å²) in [6.45, 7) is 3.20. The molecule has 0 fully saturated rings. The van der Waals surface area contributed by atoms with E-state index in [0.29, 0.717) is 36.1 Å². The van der Waals surface area contributed by atoms with Crippen molar-refractivity contribution in [1.29, 1.82) is 0 Å². The van der Waals surface area contributed by atoms with Gasteiger partial charge in [0.2, 0.25) is 0 Å². The minimum Gasteiger partial charge on any atom is -0.335 e. The summed E-state index contributed by atoms with van der Waals surface area (Å²) in [5.41, 5.74) is 0.238. The zero-order valence-electron chi connectivity index (χ0n) is 16.2. The minimum absolute atomic E-state index is 0.281. The maximum atomic E-state index is 12.7. The fourth-order valence-corrected chi connectivity index (χ4v) is 2.84. The van der Waals surface area contributed by atoms with Gasteiger partial charge in [0, 0.05) is 19.6 Å². The highest BCUT2D eigenvalue weighted by Crippen LogP contribution is 2.08. The molecule has 0 bridgehead atoms. The van der Waals surface area contributed by atoms with Crippen molar-refractivity contribution < 1.29 is 0 Å². The van der Waals surface area contributed by atoms with E-state index < -0.39 is 0 Å². The van der Waals surface area contributed by atoms with Crippen LogP contribution in [0.15, 0.2) is 9.59 Å². The van der Waals surface area contributed by atoms with Gasteiger partial charge in [0.1, 0.15) is 11.3 Å². The Balaban J connectivity index is 2.23. The molecule has 0 aromatic carbocycles.